The van der Waals surface area contributed by atoms with Gasteiger partial charge in [-0.1, -0.05) is 78.1 Å². The molecule has 9 heteroatoms. The number of carboxylic acids is 2. The summed E-state index contributed by atoms with van der Waals surface area (Å²) in [6.07, 6.45) is 8.63. The Morgan fingerprint density at radius 1 is 0.821 bits per heavy atom. The van der Waals surface area contributed by atoms with Crippen molar-refractivity contribution in [2.75, 3.05) is 0 Å². The van der Waals surface area contributed by atoms with Crippen LogP contribution in [0.2, 0.25) is 0 Å². The number of hydrogen-bond acceptors (Lipinski definition) is 4. The van der Waals surface area contributed by atoms with Crippen LogP contribution in [0.25, 0.3) is 0 Å². The standard InChI is InChI=1S/C19H36O7S.Na.H/c1-3-5-7-8-9-10-12-14-16(13-11-6-4-2)19(18(22)23,15-17(20)21)27(24,25)26;;/h16H,3-15H2,1-2H3,(H,20,21)(H,22,23)(H,24,25,26);;. The minimum absolute atomic E-state index is 0. The predicted octanol–water partition coefficient (Wildman–Crippen LogP) is 3.86. The van der Waals surface area contributed by atoms with Crippen LogP contribution in [0, 0.1) is 5.92 Å². The van der Waals surface area contributed by atoms with Gasteiger partial charge in [0.1, 0.15) is 0 Å². The maximum absolute atomic E-state index is 12.0. The van der Waals surface area contributed by atoms with Crippen LogP contribution in [0.1, 0.15) is 97.3 Å². The van der Waals surface area contributed by atoms with Crippen molar-refractivity contribution in [3.8, 4) is 0 Å². The second kappa shape index (κ2) is 15.7. The Balaban J connectivity index is 0. The molecule has 0 radical (unpaired) electrons. The van der Waals surface area contributed by atoms with Crippen molar-refractivity contribution in [2.24, 2.45) is 5.92 Å². The van der Waals surface area contributed by atoms with Gasteiger partial charge in [0.15, 0.2) is 0 Å². The molecule has 0 aliphatic carbocycles. The number of hydrogen-bond donors (Lipinski definition) is 3. The Hall–Kier alpha value is -0.150. The van der Waals surface area contributed by atoms with Gasteiger partial charge in [-0.2, -0.15) is 8.42 Å². The fourth-order valence-electron chi connectivity index (χ4n) is 3.63. The number of unbranched alkanes of at least 4 members (excludes halogenated alkanes) is 8. The average Bonchev–Trinajstić information content (AvgIpc) is 2.56. The van der Waals surface area contributed by atoms with Crippen molar-refractivity contribution in [1.82, 2.24) is 0 Å². The molecule has 0 saturated heterocycles. The third kappa shape index (κ3) is 10.1. The molecule has 0 amide bonds. The first-order chi connectivity index (χ1) is 12.6. The van der Waals surface area contributed by atoms with Gasteiger partial charge < -0.3 is 10.2 Å². The van der Waals surface area contributed by atoms with E-state index in [2.05, 4.69) is 6.92 Å². The number of aliphatic carboxylic acids is 2. The van der Waals surface area contributed by atoms with E-state index in [9.17, 15) is 27.7 Å². The number of carboxylic acid groups (broad SMARTS) is 2. The van der Waals surface area contributed by atoms with Crippen molar-refractivity contribution < 1.29 is 32.8 Å². The summed E-state index contributed by atoms with van der Waals surface area (Å²) in [6, 6.07) is 0. The van der Waals surface area contributed by atoms with E-state index in [1.54, 1.807) is 0 Å². The van der Waals surface area contributed by atoms with Crippen molar-refractivity contribution in [3.05, 3.63) is 0 Å². The third-order valence-electron chi connectivity index (χ3n) is 5.21. The van der Waals surface area contributed by atoms with Gasteiger partial charge >= 0.3 is 41.5 Å². The second-order valence-corrected chi connectivity index (χ2v) is 9.02. The fraction of sp³-hybridized carbons (Fsp3) is 0.895. The summed E-state index contributed by atoms with van der Waals surface area (Å²) in [5.74, 6) is -4.25. The summed E-state index contributed by atoms with van der Waals surface area (Å²) in [5.41, 5.74) is 0. The quantitative estimate of drug-likeness (QED) is 0.181. The topological polar surface area (TPSA) is 129 Å². The molecule has 0 bridgehead atoms. The van der Waals surface area contributed by atoms with E-state index >= 15 is 0 Å². The molecular formula is C19H37NaO7S. The summed E-state index contributed by atoms with van der Waals surface area (Å²) < 4.78 is 31.1. The molecule has 162 valence electrons. The molecule has 2 unspecified atom stereocenters. The van der Waals surface area contributed by atoms with E-state index in [0.717, 1.165) is 44.9 Å². The number of carbonyl (C=O) groups is 2. The Morgan fingerprint density at radius 2 is 1.21 bits per heavy atom. The average molecular weight is 433 g/mol. The predicted molar refractivity (Wildman–Crippen MR) is 112 cm³/mol. The van der Waals surface area contributed by atoms with E-state index in [4.69, 9.17) is 5.11 Å². The first kappa shape index (κ1) is 30.0. The van der Waals surface area contributed by atoms with Crippen LogP contribution in [-0.2, 0) is 19.7 Å². The first-order valence-electron chi connectivity index (χ1n) is 10.1. The molecule has 0 aromatic rings. The monoisotopic (exact) mass is 432 g/mol. The first-order valence-corrected chi connectivity index (χ1v) is 11.5. The zero-order chi connectivity index (χ0) is 20.9. The van der Waals surface area contributed by atoms with Gasteiger partial charge in [-0.15, -0.1) is 0 Å². The van der Waals surface area contributed by atoms with E-state index in [1.165, 1.54) is 6.42 Å². The van der Waals surface area contributed by atoms with Crippen LogP contribution in [0.5, 0.6) is 0 Å². The second-order valence-electron chi connectivity index (χ2n) is 7.34. The zero-order valence-corrected chi connectivity index (χ0v) is 17.5. The van der Waals surface area contributed by atoms with Crippen LogP contribution >= 0.6 is 0 Å². The normalized spacial score (nSPS) is 14.7. The van der Waals surface area contributed by atoms with E-state index in [-0.39, 0.29) is 42.4 Å². The summed E-state index contributed by atoms with van der Waals surface area (Å²) >= 11 is 0. The summed E-state index contributed by atoms with van der Waals surface area (Å²) in [7, 11) is -5.09. The van der Waals surface area contributed by atoms with Gasteiger partial charge in [0.25, 0.3) is 10.1 Å². The molecule has 0 aromatic carbocycles. The van der Waals surface area contributed by atoms with Gasteiger partial charge in [-0.05, 0) is 18.8 Å². The summed E-state index contributed by atoms with van der Waals surface area (Å²) in [5, 5.41) is 18.8. The molecule has 0 saturated carbocycles. The molecular weight excluding hydrogens is 395 g/mol. The maximum atomic E-state index is 12.0. The molecule has 0 rings (SSSR count). The fourth-order valence-corrected chi connectivity index (χ4v) is 4.81. The van der Waals surface area contributed by atoms with Crippen molar-refractivity contribution in [1.29, 1.82) is 0 Å². The van der Waals surface area contributed by atoms with Gasteiger partial charge in [-0.25, -0.2) is 0 Å². The van der Waals surface area contributed by atoms with Crippen molar-refractivity contribution >= 4 is 51.6 Å². The molecule has 28 heavy (non-hydrogen) atoms. The summed E-state index contributed by atoms with van der Waals surface area (Å²) in [4.78, 5) is 23.1. The molecule has 0 aliphatic heterocycles. The van der Waals surface area contributed by atoms with E-state index in [0.29, 0.717) is 12.8 Å². The third-order valence-corrected chi connectivity index (χ3v) is 6.78. The van der Waals surface area contributed by atoms with Crippen LogP contribution in [0.15, 0.2) is 0 Å². The SMILES string of the molecule is CCCCCCCCCC(CCCCC)C(CC(=O)O)(C(=O)O)S(=O)(=O)O.[NaH]. The molecule has 3 N–H and O–H groups in total. The zero-order valence-electron chi connectivity index (χ0n) is 16.7. The Kier molecular flexibility index (Phi) is 16.8. The van der Waals surface area contributed by atoms with Gasteiger partial charge in [0, 0.05) is 0 Å². The molecule has 0 heterocycles. The molecule has 0 aromatic heterocycles. The molecule has 0 spiro atoms. The molecule has 0 fully saturated rings. The van der Waals surface area contributed by atoms with Gasteiger partial charge in [0.05, 0.1) is 6.42 Å². The Labute approximate surface area is 191 Å². The van der Waals surface area contributed by atoms with Crippen molar-refractivity contribution in [2.45, 2.75) is 102 Å². The van der Waals surface area contributed by atoms with Crippen LogP contribution < -0.4 is 0 Å². The van der Waals surface area contributed by atoms with Crippen LogP contribution in [0.4, 0.5) is 0 Å². The van der Waals surface area contributed by atoms with Gasteiger partial charge in [-0.3, -0.25) is 14.1 Å². The van der Waals surface area contributed by atoms with E-state index < -0.39 is 39.1 Å². The van der Waals surface area contributed by atoms with Crippen LogP contribution in [0.3, 0.4) is 0 Å². The van der Waals surface area contributed by atoms with Gasteiger partial charge in [0.2, 0.25) is 4.75 Å². The van der Waals surface area contributed by atoms with Crippen molar-refractivity contribution in [3.63, 3.8) is 0 Å². The van der Waals surface area contributed by atoms with E-state index in [1.807, 2.05) is 6.92 Å². The minimum atomic E-state index is -5.09. The molecule has 0 aliphatic rings. The Bertz CT molecular complexity index is 550. The Morgan fingerprint density at radius 3 is 1.61 bits per heavy atom. The summed E-state index contributed by atoms with van der Waals surface area (Å²) in [6.45, 7) is 4.10. The number of rotatable bonds is 17. The molecule has 7 nitrogen and oxygen atoms in total. The molecule has 2 atom stereocenters. The van der Waals surface area contributed by atoms with Crippen LogP contribution in [-0.4, -0.2) is 69.4 Å².